The first-order chi connectivity index (χ1) is 10.7. The van der Waals surface area contributed by atoms with Crippen LogP contribution in [0.15, 0.2) is 21.7 Å². The van der Waals surface area contributed by atoms with Crippen molar-refractivity contribution >= 4 is 32.7 Å². The minimum Gasteiger partial charge on any atom is -0.243 e. The molecule has 0 aliphatic carbocycles. The van der Waals surface area contributed by atoms with E-state index < -0.39 is 10.0 Å². The molecule has 0 aliphatic rings. The normalized spacial score (nSPS) is 13.1. The Hall–Kier alpha value is -1.18. The Morgan fingerprint density at radius 1 is 1.22 bits per heavy atom. The van der Waals surface area contributed by atoms with E-state index in [-0.39, 0.29) is 20.8 Å². The quantitative estimate of drug-likeness (QED) is 0.785. The van der Waals surface area contributed by atoms with E-state index in [1.165, 1.54) is 10.4 Å². The van der Waals surface area contributed by atoms with E-state index in [4.69, 9.17) is 11.6 Å². The Morgan fingerprint density at radius 2 is 1.91 bits per heavy atom. The largest absolute Gasteiger partial charge is 0.246 e. The zero-order valence-electron chi connectivity index (χ0n) is 13.8. The topological polar surface area (TPSA) is 76.3 Å². The SMILES string of the molecule is CCCN(CCC(C)(C)C)S(=O)(=O)c1c(Cl)ccc2nonc12. The van der Waals surface area contributed by atoms with Gasteiger partial charge in [-0.3, -0.25) is 0 Å². The maximum atomic E-state index is 13.1. The molecule has 2 rings (SSSR count). The van der Waals surface area contributed by atoms with E-state index in [9.17, 15) is 8.42 Å². The molecule has 2 aromatic rings. The number of halogens is 1. The minimum atomic E-state index is -3.77. The Balaban J connectivity index is 2.47. The zero-order chi connectivity index (χ0) is 17.3. The van der Waals surface area contributed by atoms with Gasteiger partial charge in [0.25, 0.3) is 0 Å². The van der Waals surface area contributed by atoms with Crippen molar-refractivity contribution < 1.29 is 13.0 Å². The van der Waals surface area contributed by atoms with Crippen LogP contribution in [-0.4, -0.2) is 36.1 Å². The van der Waals surface area contributed by atoms with Crippen LogP contribution in [0.5, 0.6) is 0 Å². The summed E-state index contributed by atoms with van der Waals surface area (Å²) in [5.41, 5.74) is 0.585. The van der Waals surface area contributed by atoms with Gasteiger partial charge in [-0.05, 0) is 40.7 Å². The fraction of sp³-hybridized carbons (Fsp3) is 0.600. The highest BCUT2D eigenvalue weighted by atomic mass is 35.5. The number of hydrogen-bond acceptors (Lipinski definition) is 5. The van der Waals surface area contributed by atoms with Crippen LogP contribution in [0.2, 0.25) is 5.02 Å². The first-order valence-electron chi connectivity index (χ1n) is 7.58. The van der Waals surface area contributed by atoms with Crippen molar-refractivity contribution in [2.45, 2.75) is 45.4 Å². The molecular weight excluding hydrogens is 338 g/mol. The van der Waals surface area contributed by atoms with Crippen molar-refractivity contribution in [3.8, 4) is 0 Å². The Morgan fingerprint density at radius 3 is 2.52 bits per heavy atom. The van der Waals surface area contributed by atoms with E-state index >= 15 is 0 Å². The molecule has 1 heterocycles. The Kier molecular flexibility index (Phi) is 5.33. The smallest absolute Gasteiger partial charge is 0.243 e. The number of aromatic nitrogens is 2. The van der Waals surface area contributed by atoms with Gasteiger partial charge in [0, 0.05) is 13.1 Å². The number of hydrogen-bond donors (Lipinski definition) is 0. The molecule has 0 radical (unpaired) electrons. The monoisotopic (exact) mass is 359 g/mol. The molecule has 0 amide bonds. The molecule has 0 atom stereocenters. The summed E-state index contributed by atoms with van der Waals surface area (Å²) >= 11 is 6.16. The van der Waals surface area contributed by atoms with Crippen molar-refractivity contribution in [1.82, 2.24) is 14.6 Å². The van der Waals surface area contributed by atoms with Crippen molar-refractivity contribution in [3.05, 3.63) is 17.2 Å². The van der Waals surface area contributed by atoms with Crippen molar-refractivity contribution in [2.75, 3.05) is 13.1 Å². The van der Waals surface area contributed by atoms with Crippen LogP contribution in [0, 0.1) is 5.41 Å². The molecule has 0 aliphatic heterocycles. The van der Waals surface area contributed by atoms with Crippen LogP contribution in [-0.2, 0) is 10.0 Å². The summed E-state index contributed by atoms with van der Waals surface area (Å²) in [5.74, 6) is 0. The molecule has 23 heavy (non-hydrogen) atoms. The third-order valence-electron chi connectivity index (χ3n) is 3.52. The fourth-order valence-electron chi connectivity index (χ4n) is 2.24. The highest BCUT2D eigenvalue weighted by Gasteiger charge is 2.31. The number of fused-ring (bicyclic) bond motifs is 1. The molecule has 0 saturated heterocycles. The summed E-state index contributed by atoms with van der Waals surface area (Å²) < 4.78 is 32.3. The molecule has 1 aromatic carbocycles. The lowest BCUT2D eigenvalue weighted by Gasteiger charge is -2.26. The van der Waals surface area contributed by atoms with Gasteiger partial charge in [0.2, 0.25) is 10.0 Å². The van der Waals surface area contributed by atoms with Gasteiger partial charge in [-0.2, -0.15) is 4.31 Å². The summed E-state index contributed by atoms with van der Waals surface area (Å²) in [7, 11) is -3.77. The number of nitrogens with zero attached hydrogens (tertiary/aromatic N) is 3. The molecule has 0 N–H and O–H groups in total. The summed E-state index contributed by atoms with van der Waals surface area (Å²) in [6.07, 6.45) is 1.46. The molecule has 8 heteroatoms. The van der Waals surface area contributed by atoms with Gasteiger partial charge in [0.1, 0.15) is 10.4 Å². The predicted molar refractivity (Wildman–Crippen MR) is 89.9 cm³/mol. The van der Waals surface area contributed by atoms with Gasteiger partial charge in [-0.1, -0.05) is 39.3 Å². The van der Waals surface area contributed by atoms with Crippen LogP contribution in [0.1, 0.15) is 40.5 Å². The highest BCUT2D eigenvalue weighted by molar-refractivity contribution is 7.89. The third-order valence-corrected chi connectivity index (χ3v) is 5.92. The summed E-state index contributed by atoms with van der Waals surface area (Å²) in [4.78, 5) is -0.0275. The van der Waals surface area contributed by atoms with Crippen molar-refractivity contribution in [1.29, 1.82) is 0 Å². The van der Waals surface area contributed by atoms with E-state index in [1.54, 1.807) is 6.07 Å². The molecule has 0 spiro atoms. The van der Waals surface area contributed by atoms with E-state index in [2.05, 4.69) is 35.7 Å². The van der Waals surface area contributed by atoms with Gasteiger partial charge in [0.15, 0.2) is 5.52 Å². The predicted octanol–water partition coefficient (Wildman–Crippen LogP) is 3.71. The van der Waals surface area contributed by atoms with Gasteiger partial charge in [-0.25, -0.2) is 13.0 Å². The number of sulfonamides is 1. The third kappa shape index (κ3) is 4.02. The first kappa shape index (κ1) is 18.2. The average Bonchev–Trinajstić information content (AvgIpc) is 2.89. The lowest BCUT2D eigenvalue weighted by Crippen LogP contribution is -2.34. The molecule has 0 fully saturated rings. The maximum absolute atomic E-state index is 13.1. The van der Waals surface area contributed by atoms with Crippen LogP contribution in [0.3, 0.4) is 0 Å². The fourth-order valence-corrected chi connectivity index (χ4v) is 4.40. The lowest BCUT2D eigenvalue weighted by molar-refractivity contribution is 0.309. The molecule has 6 nitrogen and oxygen atoms in total. The van der Waals surface area contributed by atoms with Crippen LogP contribution in [0.4, 0.5) is 0 Å². The van der Waals surface area contributed by atoms with Gasteiger partial charge < -0.3 is 0 Å². The molecular formula is C15H22ClN3O3S. The highest BCUT2D eigenvalue weighted by Crippen LogP contribution is 2.31. The molecule has 128 valence electrons. The van der Waals surface area contributed by atoms with Crippen LogP contribution < -0.4 is 0 Å². The second kappa shape index (κ2) is 6.75. The van der Waals surface area contributed by atoms with Crippen molar-refractivity contribution in [3.63, 3.8) is 0 Å². The summed E-state index contributed by atoms with van der Waals surface area (Å²) in [6, 6.07) is 3.10. The number of benzene rings is 1. The molecule has 0 unspecified atom stereocenters. The van der Waals surface area contributed by atoms with Crippen LogP contribution in [0.25, 0.3) is 11.0 Å². The average molecular weight is 360 g/mol. The lowest BCUT2D eigenvalue weighted by atomic mass is 9.92. The Labute approximate surface area is 141 Å². The van der Waals surface area contributed by atoms with Crippen molar-refractivity contribution in [2.24, 2.45) is 5.41 Å². The molecule has 0 saturated carbocycles. The molecule has 0 bridgehead atoms. The van der Waals surface area contributed by atoms with E-state index in [1.807, 2.05) is 6.92 Å². The van der Waals surface area contributed by atoms with Gasteiger partial charge >= 0.3 is 0 Å². The number of rotatable bonds is 6. The Bertz CT molecular complexity index is 781. The summed E-state index contributed by atoms with van der Waals surface area (Å²) in [6.45, 7) is 9.05. The first-order valence-corrected chi connectivity index (χ1v) is 9.39. The summed E-state index contributed by atoms with van der Waals surface area (Å²) in [5, 5.41) is 7.55. The van der Waals surface area contributed by atoms with E-state index in [0.29, 0.717) is 25.0 Å². The van der Waals surface area contributed by atoms with Crippen LogP contribution >= 0.6 is 11.6 Å². The minimum absolute atomic E-state index is 0.0275. The molecule has 1 aromatic heterocycles. The van der Waals surface area contributed by atoms with E-state index in [0.717, 1.165) is 6.42 Å². The van der Waals surface area contributed by atoms with Gasteiger partial charge in [-0.15, -0.1) is 0 Å². The maximum Gasteiger partial charge on any atom is 0.246 e. The zero-order valence-corrected chi connectivity index (χ0v) is 15.4. The second-order valence-electron chi connectivity index (χ2n) is 6.72. The van der Waals surface area contributed by atoms with Gasteiger partial charge in [0.05, 0.1) is 5.02 Å². The second-order valence-corrected chi connectivity index (χ2v) is 9.01. The standard InChI is InChI=1S/C15H22ClN3O3S/c1-5-9-19(10-8-15(2,3)4)23(20,21)14-11(16)6-7-12-13(14)18-22-17-12/h6-7H,5,8-10H2,1-4H3.